The van der Waals surface area contributed by atoms with Crippen molar-refractivity contribution >= 4 is 29.8 Å². The van der Waals surface area contributed by atoms with Gasteiger partial charge in [0.15, 0.2) is 24.4 Å². The first-order valence-electron chi connectivity index (χ1n) is 17.8. The molecule has 17 nitrogen and oxygen atoms in total. The summed E-state index contributed by atoms with van der Waals surface area (Å²) in [7, 11) is 0. The number of phenols is 1. The second-order valence-electron chi connectivity index (χ2n) is 13.1. The van der Waals surface area contributed by atoms with Crippen molar-refractivity contribution in [3.8, 4) is 11.5 Å². The average Bonchev–Trinajstić information content (AvgIpc) is 4.01. The zero-order chi connectivity index (χ0) is 39.9. The molecule has 4 aliphatic rings. The Hall–Kier alpha value is -6.27. The van der Waals surface area contributed by atoms with Crippen molar-refractivity contribution < 1.29 is 71.7 Å². The van der Waals surface area contributed by atoms with Crippen LogP contribution in [0, 0.1) is 0 Å². The molecule has 4 saturated heterocycles. The molecule has 8 atom stereocenters. The van der Waals surface area contributed by atoms with Crippen LogP contribution in [0.4, 0.5) is 0 Å². The molecule has 17 heteroatoms. The third-order valence-corrected chi connectivity index (χ3v) is 9.24. The van der Waals surface area contributed by atoms with Crippen LogP contribution < -0.4 is 4.74 Å². The SMILES string of the molecule is CC(=O)Oc1ccccc1C(=O)O[C@H]1CO[C@H]2[C@@H]1OC[C@H]2OC(=O)c1cccnc1.O=C(O[C@@H]1CO[C@H]2[C@@H]1OC[C@@H]2OC(=O)c1ccccc1O)c1cccnc1. The van der Waals surface area contributed by atoms with Crippen LogP contribution in [-0.4, -0.2) is 120 Å². The fourth-order valence-corrected chi connectivity index (χ4v) is 6.57. The number of para-hydroxylation sites is 2. The molecule has 4 aromatic rings. The van der Waals surface area contributed by atoms with Gasteiger partial charge >= 0.3 is 29.8 Å². The summed E-state index contributed by atoms with van der Waals surface area (Å²) in [6, 6.07) is 18.9. The quantitative estimate of drug-likeness (QED) is 0.147. The van der Waals surface area contributed by atoms with Gasteiger partial charge in [0.1, 0.15) is 47.0 Å². The van der Waals surface area contributed by atoms with Crippen molar-refractivity contribution in [3.05, 3.63) is 120 Å². The predicted octanol–water partition coefficient (Wildman–Crippen LogP) is 2.89. The predicted molar refractivity (Wildman–Crippen MR) is 190 cm³/mol. The maximum atomic E-state index is 12.6. The maximum Gasteiger partial charge on any atom is 0.342 e. The summed E-state index contributed by atoms with van der Waals surface area (Å²) >= 11 is 0. The lowest BCUT2D eigenvalue weighted by Gasteiger charge is -2.18. The molecule has 0 saturated carbocycles. The normalized spacial score (nSPS) is 25.5. The van der Waals surface area contributed by atoms with Crippen LogP contribution in [0.1, 0.15) is 48.4 Å². The number of ether oxygens (including phenoxy) is 9. The fourth-order valence-electron chi connectivity index (χ4n) is 6.57. The summed E-state index contributed by atoms with van der Waals surface area (Å²) in [5.41, 5.74) is 0.845. The minimum Gasteiger partial charge on any atom is -0.507 e. The Bertz CT molecular complexity index is 2080. The molecule has 0 unspecified atom stereocenters. The number of phenolic OH excluding ortho intramolecular Hbond substituents is 1. The number of aromatic nitrogens is 2. The van der Waals surface area contributed by atoms with Gasteiger partial charge in [-0.2, -0.15) is 0 Å². The van der Waals surface area contributed by atoms with Gasteiger partial charge in [0, 0.05) is 31.7 Å². The van der Waals surface area contributed by atoms with Gasteiger partial charge in [-0.3, -0.25) is 14.8 Å². The number of aromatic hydroxyl groups is 1. The van der Waals surface area contributed by atoms with E-state index >= 15 is 0 Å². The summed E-state index contributed by atoms with van der Waals surface area (Å²) in [6.07, 6.45) is 1.22. The Kier molecular flexibility index (Phi) is 12.1. The van der Waals surface area contributed by atoms with Gasteiger partial charge in [-0.05, 0) is 48.5 Å². The fraction of sp³-hybridized carbons (Fsp3) is 0.325. The van der Waals surface area contributed by atoms with E-state index in [1.165, 1.54) is 43.6 Å². The van der Waals surface area contributed by atoms with Crippen LogP contribution >= 0.6 is 0 Å². The standard InChI is InChI=1S/C21H19NO8.C19H17NO7/c1-12(23)28-15-7-3-2-6-14(15)21(25)30-17-11-27-18-16(10-26-19(17)18)29-20(24)13-5-4-8-22-9-13;21-13-6-2-1-5-12(13)19(23)27-15-10-25-16-14(9-24-17(15)16)26-18(22)11-4-3-7-20-8-11/h2-9,16-19H,10-11H2,1H3;1-8,14-17,21H,9-10H2/t16-,17+,18-,19-;14-,15+,16-,17-/m11/s1. The van der Waals surface area contributed by atoms with Crippen molar-refractivity contribution in [1.29, 1.82) is 0 Å². The van der Waals surface area contributed by atoms with Gasteiger partial charge in [0.2, 0.25) is 0 Å². The Morgan fingerprint density at radius 2 is 0.947 bits per heavy atom. The molecule has 0 spiro atoms. The lowest BCUT2D eigenvalue weighted by atomic mass is 10.1. The summed E-state index contributed by atoms with van der Waals surface area (Å²) in [6.45, 7) is 1.73. The molecule has 2 aromatic heterocycles. The Balaban J connectivity index is 0.000000175. The van der Waals surface area contributed by atoms with Gasteiger partial charge in [0.25, 0.3) is 0 Å². The van der Waals surface area contributed by atoms with Gasteiger partial charge in [-0.25, -0.2) is 19.2 Å². The molecule has 2 aromatic carbocycles. The van der Waals surface area contributed by atoms with E-state index in [1.54, 1.807) is 60.9 Å². The van der Waals surface area contributed by atoms with E-state index in [4.69, 9.17) is 42.6 Å². The Labute approximate surface area is 324 Å². The molecule has 1 N–H and O–H groups in total. The smallest absolute Gasteiger partial charge is 0.342 e. The molecule has 4 aliphatic heterocycles. The van der Waals surface area contributed by atoms with E-state index < -0.39 is 78.7 Å². The summed E-state index contributed by atoms with van der Waals surface area (Å²) in [5, 5.41) is 9.77. The van der Waals surface area contributed by atoms with Crippen LogP contribution in [0.15, 0.2) is 97.6 Å². The Morgan fingerprint density at radius 3 is 1.37 bits per heavy atom. The van der Waals surface area contributed by atoms with Crippen LogP contribution in [0.5, 0.6) is 11.5 Å². The van der Waals surface area contributed by atoms with Crippen molar-refractivity contribution in [2.75, 3.05) is 26.4 Å². The molecular weight excluding hydrogens is 748 g/mol. The minimum atomic E-state index is -0.685. The van der Waals surface area contributed by atoms with E-state index in [-0.39, 0.29) is 49.1 Å². The molecule has 0 amide bonds. The molecule has 6 heterocycles. The molecule has 8 rings (SSSR count). The van der Waals surface area contributed by atoms with Crippen molar-refractivity contribution in [2.45, 2.75) is 55.8 Å². The van der Waals surface area contributed by atoms with Gasteiger partial charge in [-0.15, -0.1) is 0 Å². The lowest BCUT2D eigenvalue weighted by Crippen LogP contribution is -2.36. The zero-order valence-corrected chi connectivity index (χ0v) is 30.2. The van der Waals surface area contributed by atoms with Gasteiger partial charge < -0.3 is 47.7 Å². The second-order valence-corrected chi connectivity index (χ2v) is 13.1. The number of benzene rings is 2. The van der Waals surface area contributed by atoms with E-state index in [0.717, 1.165) is 0 Å². The summed E-state index contributed by atoms with van der Waals surface area (Å²) in [5.74, 6) is -2.97. The van der Waals surface area contributed by atoms with E-state index in [9.17, 15) is 29.1 Å². The largest absolute Gasteiger partial charge is 0.507 e. The maximum absolute atomic E-state index is 12.6. The number of pyridine rings is 2. The average molecular weight is 785 g/mol. The van der Waals surface area contributed by atoms with Crippen LogP contribution in [-0.2, 0) is 42.7 Å². The molecule has 296 valence electrons. The summed E-state index contributed by atoms with van der Waals surface area (Å²) < 4.78 is 49.6. The van der Waals surface area contributed by atoms with Crippen LogP contribution in [0.3, 0.4) is 0 Å². The molecule has 0 aliphatic carbocycles. The molecule has 4 fully saturated rings. The second kappa shape index (κ2) is 17.7. The first-order chi connectivity index (χ1) is 27.7. The first-order valence-corrected chi connectivity index (χ1v) is 17.8. The van der Waals surface area contributed by atoms with Gasteiger partial charge in [0.05, 0.1) is 37.6 Å². The van der Waals surface area contributed by atoms with Crippen molar-refractivity contribution in [1.82, 2.24) is 9.97 Å². The molecule has 0 radical (unpaired) electrons. The van der Waals surface area contributed by atoms with E-state index in [1.807, 2.05) is 0 Å². The lowest BCUT2D eigenvalue weighted by molar-refractivity contribution is -0.131. The van der Waals surface area contributed by atoms with Crippen molar-refractivity contribution in [2.24, 2.45) is 0 Å². The molecule has 0 bridgehead atoms. The third-order valence-electron chi connectivity index (χ3n) is 9.24. The minimum absolute atomic E-state index is 0.0681. The monoisotopic (exact) mass is 784 g/mol. The number of nitrogens with zero attached hydrogens (tertiary/aromatic N) is 2. The van der Waals surface area contributed by atoms with Crippen LogP contribution in [0.25, 0.3) is 0 Å². The first kappa shape index (κ1) is 39.0. The summed E-state index contributed by atoms with van der Waals surface area (Å²) in [4.78, 5) is 68.4. The number of hydrogen-bond acceptors (Lipinski definition) is 17. The highest BCUT2D eigenvalue weighted by molar-refractivity contribution is 5.94. The molecule has 57 heavy (non-hydrogen) atoms. The number of hydrogen-bond donors (Lipinski definition) is 1. The van der Waals surface area contributed by atoms with Crippen LogP contribution in [0.2, 0.25) is 0 Å². The van der Waals surface area contributed by atoms with E-state index in [2.05, 4.69) is 9.97 Å². The number of fused-ring (bicyclic) bond motifs is 2. The van der Waals surface area contributed by atoms with Gasteiger partial charge in [-0.1, -0.05) is 24.3 Å². The third kappa shape index (κ3) is 9.08. The number of carbonyl (C=O) groups excluding carboxylic acids is 5. The topological polar surface area (TPSA) is 214 Å². The van der Waals surface area contributed by atoms with E-state index in [0.29, 0.717) is 11.1 Å². The number of carbonyl (C=O) groups is 5. The number of esters is 5. The number of rotatable bonds is 9. The highest BCUT2D eigenvalue weighted by atomic mass is 16.7. The highest BCUT2D eigenvalue weighted by Gasteiger charge is 2.52. The van der Waals surface area contributed by atoms with Crippen molar-refractivity contribution in [3.63, 3.8) is 0 Å². The Morgan fingerprint density at radius 1 is 0.544 bits per heavy atom. The zero-order valence-electron chi connectivity index (χ0n) is 30.2. The highest BCUT2D eigenvalue weighted by Crippen LogP contribution is 2.33. The molecular formula is C40H36N2O15.